The van der Waals surface area contributed by atoms with Crippen LogP contribution in [0.5, 0.6) is 5.75 Å². The van der Waals surface area contributed by atoms with Crippen molar-refractivity contribution in [3.63, 3.8) is 0 Å². The van der Waals surface area contributed by atoms with Gasteiger partial charge in [-0.2, -0.15) is 0 Å². The average molecular weight is 301 g/mol. The van der Waals surface area contributed by atoms with Crippen LogP contribution in [0.2, 0.25) is 0 Å². The number of rotatable bonds is 6. The van der Waals surface area contributed by atoms with Gasteiger partial charge in [-0.05, 0) is 30.9 Å². The van der Waals surface area contributed by atoms with Gasteiger partial charge in [0.15, 0.2) is 0 Å². The molecule has 1 heterocycles. The number of aromatic nitrogens is 1. The molecule has 1 aromatic heterocycles. The van der Waals surface area contributed by atoms with Crippen LogP contribution >= 0.6 is 11.3 Å². The topological polar surface area (TPSA) is 72.0 Å². The summed E-state index contributed by atoms with van der Waals surface area (Å²) >= 11 is 1.48. The van der Waals surface area contributed by atoms with E-state index < -0.39 is 0 Å². The highest BCUT2D eigenvalue weighted by molar-refractivity contribution is 7.13. The Hall–Kier alpha value is -1.88. The van der Waals surface area contributed by atoms with E-state index in [9.17, 15) is 0 Å². The van der Waals surface area contributed by atoms with Gasteiger partial charge in [-0.1, -0.05) is 25.1 Å². The van der Waals surface area contributed by atoms with Crippen molar-refractivity contribution in [3.05, 3.63) is 45.4 Å². The van der Waals surface area contributed by atoms with Crippen molar-refractivity contribution < 1.29 is 4.74 Å². The first-order valence-corrected chi connectivity index (χ1v) is 8.05. The number of benzene rings is 1. The van der Waals surface area contributed by atoms with E-state index in [0.717, 1.165) is 40.6 Å². The highest BCUT2D eigenvalue weighted by Crippen LogP contribution is 2.42. The summed E-state index contributed by atoms with van der Waals surface area (Å²) < 4.78 is 5.90. The van der Waals surface area contributed by atoms with Gasteiger partial charge in [-0.3, -0.25) is 5.41 Å². The minimum Gasteiger partial charge on any atom is -0.486 e. The zero-order chi connectivity index (χ0) is 14.8. The number of nitrogens with zero attached hydrogens (tertiary/aromatic N) is 1. The van der Waals surface area contributed by atoms with Gasteiger partial charge in [-0.15, -0.1) is 11.3 Å². The predicted octanol–water partition coefficient (Wildman–Crippen LogP) is 3.45. The Bertz CT molecular complexity index is 661. The number of amidine groups is 1. The zero-order valence-electron chi connectivity index (χ0n) is 12.1. The van der Waals surface area contributed by atoms with Gasteiger partial charge in [0.05, 0.1) is 10.6 Å². The molecule has 3 rings (SSSR count). The summed E-state index contributed by atoms with van der Waals surface area (Å²) in [5.41, 5.74) is 7.85. The van der Waals surface area contributed by atoms with Crippen LogP contribution in [0.4, 0.5) is 0 Å². The lowest BCUT2D eigenvalue weighted by Gasteiger charge is -2.08. The molecule has 21 heavy (non-hydrogen) atoms. The van der Waals surface area contributed by atoms with Crippen LogP contribution in [-0.2, 0) is 13.0 Å². The van der Waals surface area contributed by atoms with Gasteiger partial charge in [0, 0.05) is 5.92 Å². The molecule has 1 fully saturated rings. The standard InChI is InChI=1S/C16H19N3OS/c1-2-10-5-3-4-6-12(10)20-9-13-19-14(11-7-8-11)15(21-13)16(17)18/h3-6,11H,2,7-9H2,1H3,(H3,17,18). The summed E-state index contributed by atoms with van der Waals surface area (Å²) in [6.07, 6.45) is 3.26. The second-order valence-electron chi connectivity index (χ2n) is 5.26. The molecular formula is C16H19N3OS. The number of hydrogen-bond donors (Lipinski definition) is 2. The summed E-state index contributed by atoms with van der Waals surface area (Å²) in [6.45, 7) is 2.55. The van der Waals surface area contributed by atoms with Gasteiger partial charge >= 0.3 is 0 Å². The van der Waals surface area contributed by atoms with E-state index in [4.69, 9.17) is 15.9 Å². The summed E-state index contributed by atoms with van der Waals surface area (Å²) in [4.78, 5) is 5.46. The highest BCUT2D eigenvalue weighted by Gasteiger charge is 2.30. The lowest BCUT2D eigenvalue weighted by Crippen LogP contribution is -2.11. The van der Waals surface area contributed by atoms with Crippen LogP contribution in [0.3, 0.4) is 0 Å². The number of thiazole rings is 1. The van der Waals surface area contributed by atoms with Crippen molar-refractivity contribution in [2.24, 2.45) is 5.73 Å². The average Bonchev–Trinajstić information content (AvgIpc) is 3.25. The van der Waals surface area contributed by atoms with E-state index in [2.05, 4.69) is 18.0 Å². The highest BCUT2D eigenvalue weighted by atomic mass is 32.1. The predicted molar refractivity (Wildman–Crippen MR) is 85.3 cm³/mol. The molecule has 1 aliphatic rings. The third-order valence-electron chi connectivity index (χ3n) is 3.61. The van der Waals surface area contributed by atoms with Crippen molar-refractivity contribution in [1.29, 1.82) is 5.41 Å². The van der Waals surface area contributed by atoms with E-state index >= 15 is 0 Å². The largest absolute Gasteiger partial charge is 0.486 e. The number of aryl methyl sites for hydroxylation is 1. The molecule has 0 saturated heterocycles. The molecule has 5 heteroatoms. The maximum absolute atomic E-state index is 7.68. The first-order chi connectivity index (χ1) is 10.2. The monoisotopic (exact) mass is 301 g/mol. The van der Waals surface area contributed by atoms with Crippen LogP contribution in [-0.4, -0.2) is 10.8 Å². The number of para-hydroxylation sites is 1. The fourth-order valence-electron chi connectivity index (χ4n) is 2.34. The van der Waals surface area contributed by atoms with Crippen molar-refractivity contribution in [2.75, 3.05) is 0 Å². The van der Waals surface area contributed by atoms with Crippen LogP contribution in [0.15, 0.2) is 24.3 Å². The van der Waals surface area contributed by atoms with Crippen LogP contribution in [0, 0.1) is 5.41 Å². The Morgan fingerprint density at radius 3 is 2.86 bits per heavy atom. The number of nitrogen functional groups attached to an aromatic ring is 1. The minimum atomic E-state index is 0.120. The van der Waals surface area contributed by atoms with Crippen LogP contribution in [0.1, 0.15) is 46.8 Å². The normalized spacial score (nSPS) is 14.1. The fraction of sp³-hybridized carbons (Fsp3) is 0.375. The molecule has 1 aromatic carbocycles. The van der Waals surface area contributed by atoms with E-state index in [1.807, 2.05) is 18.2 Å². The molecule has 3 N–H and O–H groups in total. The van der Waals surface area contributed by atoms with E-state index in [1.54, 1.807) is 0 Å². The molecule has 0 unspecified atom stereocenters. The third kappa shape index (κ3) is 3.08. The molecule has 0 atom stereocenters. The van der Waals surface area contributed by atoms with E-state index in [-0.39, 0.29) is 5.84 Å². The van der Waals surface area contributed by atoms with Gasteiger partial charge in [0.25, 0.3) is 0 Å². The summed E-state index contributed by atoms with van der Waals surface area (Å²) in [7, 11) is 0. The first-order valence-electron chi connectivity index (χ1n) is 7.23. The molecule has 4 nitrogen and oxygen atoms in total. The van der Waals surface area contributed by atoms with Crippen molar-refractivity contribution >= 4 is 17.2 Å². The Labute approximate surface area is 128 Å². The van der Waals surface area contributed by atoms with Gasteiger partial charge in [0.2, 0.25) is 0 Å². The summed E-state index contributed by atoms with van der Waals surface area (Å²) in [5.74, 6) is 1.53. The van der Waals surface area contributed by atoms with Crippen molar-refractivity contribution in [3.8, 4) is 5.75 Å². The van der Waals surface area contributed by atoms with Crippen molar-refractivity contribution in [1.82, 2.24) is 4.98 Å². The van der Waals surface area contributed by atoms with Gasteiger partial charge in [-0.25, -0.2) is 4.98 Å². The van der Waals surface area contributed by atoms with Crippen LogP contribution in [0.25, 0.3) is 0 Å². The Balaban J connectivity index is 1.76. The lowest BCUT2D eigenvalue weighted by molar-refractivity contribution is 0.302. The molecule has 0 spiro atoms. The Morgan fingerprint density at radius 1 is 1.43 bits per heavy atom. The maximum Gasteiger partial charge on any atom is 0.140 e. The molecule has 0 radical (unpaired) electrons. The third-order valence-corrected chi connectivity index (χ3v) is 4.69. The molecule has 110 valence electrons. The second kappa shape index (κ2) is 5.85. The molecule has 1 aliphatic carbocycles. The zero-order valence-corrected chi connectivity index (χ0v) is 12.9. The smallest absolute Gasteiger partial charge is 0.140 e. The second-order valence-corrected chi connectivity index (χ2v) is 6.34. The molecule has 0 amide bonds. The molecule has 0 bridgehead atoms. The molecular weight excluding hydrogens is 282 g/mol. The van der Waals surface area contributed by atoms with E-state index in [0.29, 0.717) is 12.5 Å². The number of nitrogens with two attached hydrogens (primary N) is 1. The van der Waals surface area contributed by atoms with Crippen molar-refractivity contribution in [2.45, 2.75) is 38.7 Å². The first kappa shape index (κ1) is 14.1. The van der Waals surface area contributed by atoms with Crippen LogP contribution < -0.4 is 10.5 Å². The molecule has 0 aliphatic heterocycles. The molecule has 2 aromatic rings. The SMILES string of the molecule is CCc1ccccc1OCc1nc(C2CC2)c(C(=N)N)s1. The number of ether oxygens (including phenoxy) is 1. The summed E-state index contributed by atoms with van der Waals surface area (Å²) in [5, 5.41) is 8.57. The Kier molecular flexibility index (Phi) is 3.92. The summed E-state index contributed by atoms with van der Waals surface area (Å²) in [6, 6.07) is 8.06. The van der Waals surface area contributed by atoms with E-state index in [1.165, 1.54) is 16.9 Å². The maximum atomic E-state index is 7.68. The quantitative estimate of drug-likeness (QED) is 0.634. The minimum absolute atomic E-state index is 0.120. The molecule has 1 saturated carbocycles. The van der Waals surface area contributed by atoms with Gasteiger partial charge < -0.3 is 10.5 Å². The lowest BCUT2D eigenvalue weighted by atomic mass is 10.1. The van der Waals surface area contributed by atoms with Gasteiger partial charge in [0.1, 0.15) is 23.2 Å². The fourth-order valence-corrected chi connectivity index (χ4v) is 3.27. The number of hydrogen-bond acceptors (Lipinski definition) is 4. The Morgan fingerprint density at radius 2 is 2.19 bits per heavy atom. The number of nitrogens with one attached hydrogen (secondary N) is 1.